The fourth-order valence-corrected chi connectivity index (χ4v) is 0.905. The summed E-state index contributed by atoms with van der Waals surface area (Å²) in [6.45, 7) is 3.47. The van der Waals surface area contributed by atoms with Crippen molar-refractivity contribution in [3.8, 4) is 5.75 Å². The van der Waals surface area contributed by atoms with Crippen LogP contribution in [0.4, 0.5) is 0 Å². The minimum absolute atomic E-state index is 0.345. The highest BCUT2D eigenvalue weighted by atomic mass is 16.4. The normalized spacial score (nSPS) is 10.7. The molecule has 0 bridgehead atoms. The lowest BCUT2D eigenvalue weighted by atomic mass is 10.3. The van der Waals surface area contributed by atoms with E-state index in [1.807, 2.05) is 18.9 Å². The fourth-order valence-electron chi connectivity index (χ4n) is 0.905. The van der Waals surface area contributed by atoms with Crippen LogP contribution in [0.1, 0.15) is 12.7 Å². The Hall–Kier alpha value is -1.29. The predicted octanol–water partition coefficient (Wildman–Crippen LogP) is 0.797. The van der Waals surface area contributed by atoms with Gasteiger partial charge in [-0.15, -0.1) is 0 Å². The molecule has 1 rings (SSSR count). The van der Waals surface area contributed by atoms with Gasteiger partial charge in [-0.05, 0) is 13.6 Å². The zero-order valence-corrected chi connectivity index (χ0v) is 7.78. The topological polar surface area (TPSA) is 53.7 Å². The van der Waals surface area contributed by atoms with Crippen molar-refractivity contribution in [2.75, 3.05) is 13.6 Å². The summed E-state index contributed by atoms with van der Waals surface area (Å²) in [7, 11) is 1.92. The summed E-state index contributed by atoms with van der Waals surface area (Å²) in [5.41, 5.74) is -0.397. The second kappa shape index (κ2) is 4.09. The molecular weight excluding hydrogens is 170 g/mol. The molecule has 0 aliphatic rings. The van der Waals surface area contributed by atoms with Gasteiger partial charge < -0.3 is 9.52 Å². The Balaban J connectivity index is 2.80. The molecule has 0 spiro atoms. The van der Waals surface area contributed by atoms with Crippen molar-refractivity contribution in [1.82, 2.24) is 4.90 Å². The van der Waals surface area contributed by atoms with Crippen molar-refractivity contribution in [3.63, 3.8) is 0 Å². The van der Waals surface area contributed by atoms with Crippen molar-refractivity contribution < 1.29 is 9.52 Å². The zero-order valence-electron chi connectivity index (χ0n) is 7.78. The van der Waals surface area contributed by atoms with Crippen molar-refractivity contribution in [2.24, 2.45) is 0 Å². The van der Waals surface area contributed by atoms with Crippen LogP contribution in [0.5, 0.6) is 5.75 Å². The van der Waals surface area contributed by atoms with Gasteiger partial charge in [0.2, 0.25) is 5.43 Å². The second-order valence-corrected chi connectivity index (χ2v) is 2.93. The first-order valence-corrected chi connectivity index (χ1v) is 4.12. The molecule has 4 heteroatoms. The van der Waals surface area contributed by atoms with Gasteiger partial charge in [-0.3, -0.25) is 9.69 Å². The zero-order chi connectivity index (χ0) is 9.84. The van der Waals surface area contributed by atoms with Crippen LogP contribution in [0.15, 0.2) is 21.5 Å². The molecule has 1 aromatic heterocycles. The van der Waals surface area contributed by atoms with Gasteiger partial charge in [0.25, 0.3) is 0 Å². The highest BCUT2D eigenvalue weighted by Gasteiger charge is 2.03. The molecule has 0 aliphatic heterocycles. The molecule has 0 aliphatic carbocycles. The van der Waals surface area contributed by atoms with Crippen LogP contribution in [0, 0.1) is 0 Å². The standard InChI is InChI=1S/C9H13NO3/c1-3-10(2)5-7-4-8(11)9(12)6-13-7/h4,6,12H,3,5H2,1-2H3. The Morgan fingerprint density at radius 1 is 1.62 bits per heavy atom. The van der Waals surface area contributed by atoms with Crippen molar-refractivity contribution in [1.29, 1.82) is 0 Å². The van der Waals surface area contributed by atoms with E-state index in [4.69, 9.17) is 9.52 Å². The maximum Gasteiger partial charge on any atom is 0.226 e. The van der Waals surface area contributed by atoms with E-state index in [9.17, 15) is 4.79 Å². The molecule has 0 radical (unpaired) electrons. The van der Waals surface area contributed by atoms with Crippen LogP contribution in [0.2, 0.25) is 0 Å². The van der Waals surface area contributed by atoms with Crippen molar-refractivity contribution in [3.05, 3.63) is 28.3 Å². The maximum atomic E-state index is 11.0. The third-order valence-electron chi connectivity index (χ3n) is 1.83. The summed E-state index contributed by atoms with van der Waals surface area (Å²) >= 11 is 0. The van der Waals surface area contributed by atoms with E-state index in [1.165, 1.54) is 6.07 Å². The van der Waals surface area contributed by atoms with E-state index in [-0.39, 0.29) is 5.75 Å². The molecule has 13 heavy (non-hydrogen) atoms. The molecule has 0 atom stereocenters. The second-order valence-electron chi connectivity index (χ2n) is 2.93. The number of aromatic hydroxyl groups is 1. The summed E-state index contributed by atoms with van der Waals surface area (Å²) in [6, 6.07) is 1.31. The highest BCUT2D eigenvalue weighted by Crippen LogP contribution is 2.05. The van der Waals surface area contributed by atoms with Crippen molar-refractivity contribution >= 4 is 0 Å². The Bertz CT molecular complexity index is 332. The quantitative estimate of drug-likeness (QED) is 0.753. The summed E-state index contributed by atoms with van der Waals surface area (Å²) in [4.78, 5) is 13.0. The van der Waals surface area contributed by atoms with E-state index in [1.54, 1.807) is 0 Å². The Labute approximate surface area is 76.4 Å². The van der Waals surface area contributed by atoms with Gasteiger partial charge in [0.15, 0.2) is 5.75 Å². The summed E-state index contributed by atoms with van der Waals surface area (Å²) in [6.07, 6.45) is 1.07. The van der Waals surface area contributed by atoms with E-state index < -0.39 is 5.43 Å². The maximum absolute atomic E-state index is 11.0. The van der Waals surface area contributed by atoms with Gasteiger partial charge in [-0.2, -0.15) is 0 Å². The molecule has 1 N–H and O–H groups in total. The van der Waals surface area contributed by atoms with E-state index in [2.05, 4.69) is 0 Å². The molecule has 0 aromatic carbocycles. The van der Waals surface area contributed by atoms with Gasteiger partial charge in [0.05, 0.1) is 6.54 Å². The molecule has 72 valence electrons. The lowest BCUT2D eigenvalue weighted by Gasteiger charge is -2.11. The van der Waals surface area contributed by atoms with Crippen LogP contribution in [0.3, 0.4) is 0 Å². The Kier molecular flexibility index (Phi) is 3.08. The van der Waals surface area contributed by atoms with Crippen LogP contribution in [-0.2, 0) is 6.54 Å². The molecule has 0 saturated heterocycles. The van der Waals surface area contributed by atoms with Gasteiger partial charge in [0.1, 0.15) is 12.0 Å². The largest absolute Gasteiger partial charge is 0.502 e. The molecule has 4 nitrogen and oxygen atoms in total. The van der Waals surface area contributed by atoms with E-state index in [0.29, 0.717) is 12.3 Å². The monoisotopic (exact) mass is 183 g/mol. The van der Waals surface area contributed by atoms with Crippen LogP contribution in [0.25, 0.3) is 0 Å². The van der Waals surface area contributed by atoms with Gasteiger partial charge in [-0.1, -0.05) is 6.92 Å². The molecule has 1 heterocycles. The van der Waals surface area contributed by atoms with Crippen molar-refractivity contribution in [2.45, 2.75) is 13.5 Å². The SMILES string of the molecule is CCN(C)Cc1cc(=O)c(O)co1. The Morgan fingerprint density at radius 3 is 2.85 bits per heavy atom. The number of hydrogen-bond acceptors (Lipinski definition) is 4. The fraction of sp³-hybridized carbons (Fsp3) is 0.444. The minimum Gasteiger partial charge on any atom is -0.502 e. The number of nitrogens with zero attached hydrogens (tertiary/aromatic N) is 1. The van der Waals surface area contributed by atoms with Gasteiger partial charge in [-0.25, -0.2) is 0 Å². The average molecular weight is 183 g/mol. The minimum atomic E-state index is -0.397. The Morgan fingerprint density at radius 2 is 2.31 bits per heavy atom. The predicted molar refractivity (Wildman–Crippen MR) is 48.7 cm³/mol. The number of rotatable bonds is 3. The smallest absolute Gasteiger partial charge is 0.226 e. The van der Waals surface area contributed by atoms with E-state index in [0.717, 1.165) is 12.8 Å². The van der Waals surface area contributed by atoms with Crippen LogP contribution in [-0.4, -0.2) is 23.6 Å². The number of hydrogen-bond donors (Lipinski definition) is 1. The molecule has 0 unspecified atom stereocenters. The highest BCUT2D eigenvalue weighted by molar-refractivity contribution is 5.15. The first-order valence-electron chi connectivity index (χ1n) is 4.12. The third-order valence-corrected chi connectivity index (χ3v) is 1.83. The lowest BCUT2D eigenvalue weighted by molar-refractivity contribution is 0.300. The van der Waals surface area contributed by atoms with Gasteiger partial charge in [0, 0.05) is 6.07 Å². The third kappa shape index (κ3) is 2.59. The molecule has 0 fully saturated rings. The van der Waals surface area contributed by atoms with Crippen LogP contribution >= 0.6 is 0 Å². The summed E-state index contributed by atoms with van der Waals surface area (Å²) < 4.78 is 5.02. The van der Waals surface area contributed by atoms with E-state index >= 15 is 0 Å². The molecular formula is C9H13NO3. The first kappa shape index (κ1) is 9.80. The lowest BCUT2D eigenvalue weighted by Crippen LogP contribution is -2.17. The first-order chi connectivity index (χ1) is 6.13. The van der Waals surface area contributed by atoms with Crippen LogP contribution < -0.4 is 5.43 Å². The summed E-state index contributed by atoms with van der Waals surface area (Å²) in [5, 5.41) is 8.92. The van der Waals surface area contributed by atoms with Gasteiger partial charge >= 0.3 is 0 Å². The summed E-state index contributed by atoms with van der Waals surface area (Å²) in [5.74, 6) is 0.218. The molecule has 0 amide bonds. The molecule has 0 saturated carbocycles. The molecule has 1 aromatic rings. The average Bonchev–Trinajstić information content (AvgIpc) is 2.11.